The van der Waals surface area contributed by atoms with Crippen LogP contribution in [0.3, 0.4) is 0 Å². The van der Waals surface area contributed by atoms with E-state index in [-0.39, 0.29) is 35.2 Å². The number of amides is 2. The highest BCUT2D eigenvalue weighted by Crippen LogP contribution is 2.45. The highest BCUT2D eigenvalue weighted by Gasteiger charge is 2.50. The average molecular weight is 507 g/mol. The summed E-state index contributed by atoms with van der Waals surface area (Å²) in [5.74, 6) is -0.0416. The van der Waals surface area contributed by atoms with Crippen LogP contribution in [0.2, 0.25) is 0 Å². The molecule has 2 aromatic rings. The Morgan fingerprint density at radius 3 is 2.30 bits per heavy atom. The zero-order valence-corrected chi connectivity index (χ0v) is 21.2. The lowest BCUT2D eigenvalue weighted by molar-refractivity contribution is -0.139. The molecule has 1 aliphatic carbocycles. The van der Waals surface area contributed by atoms with Crippen molar-refractivity contribution in [3.8, 4) is 11.1 Å². The summed E-state index contributed by atoms with van der Waals surface area (Å²) in [5, 5.41) is 9.84. The third-order valence-corrected chi connectivity index (χ3v) is 9.12. The molecule has 196 valence electrons. The van der Waals surface area contributed by atoms with Gasteiger partial charge in [0, 0.05) is 50.5 Å². The van der Waals surface area contributed by atoms with E-state index in [9.17, 15) is 19.1 Å². The van der Waals surface area contributed by atoms with Crippen LogP contribution in [-0.2, 0) is 4.79 Å². The Bertz CT molecular complexity index is 1170. The predicted octanol–water partition coefficient (Wildman–Crippen LogP) is 3.86. The first-order valence-electron chi connectivity index (χ1n) is 13.7. The fraction of sp³-hybridized carbons (Fsp3) is 0.552. The number of piperidine rings is 1. The number of anilines is 1. The Hall–Kier alpha value is -3.00. The minimum Gasteiger partial charge on any atom is -0.393 e. The van der Waals surface area contributed by atoms with Gasteiger partial charge in [-0.05, 0) is 75.1 Å². The van der Waals surface area contributed by atoms with Crippen molar-refractivity contribution < 1.29 is 19.1 Å². The molecular formula is C29H35FN4O3. The molecule has 1 spiro atoms. The van der Waals surface area contributed by atoms with Crippen molar-refractivity contribution in [2.45, 2.75) is 63.5 Å². The number of pyridine rings is 1. The van der Waals surface area contributed by atoms with E-state index in [4.69, 9.17) is 0 Å². The lowest BCUT2D eigenvalue weighted by Crippen LogP contribution is -2.47. The van der Waals surface area contributed by atoms with E-state index in [1.165, 1.54) is 6.07 Å². The van der Waals surface area contributed by atoms with Crippen LogP contribution in [0, 0.1) is 11.2 Å². The van der Waals surface area contributed by atoms with Gasteiger partial charge in [0.25, 0.3) is 5.91 Å². The van der Waals surface area contributed by atoms with Gasteiger partial charge in [0.2, 0.25) is 5.91 Å². The molecule has 4 aliphatic rings. The summed E-state index contributed by atoms with van der Waals surface area (Å²) in [5.41, 5.74) is 2.36. The predicted molar refractivity (Wildman–Crippen MR) is 139 cm³/mol. The van der Waals surface area contributed by atoms with Crippen molar-refractivity contribution in [3.63, 3.8) is 0 Å². The van der Waals surface area contributed by atoms with E-state index in [1.54, 1.807) is 23.2 Å². The number of rotatable bonds is 4. The van der Waals surface area contributed by atoms with Crippen LogP contribution in [0.25, 0.3) is 11.1 Å². The summed E-state index contributed by atoms with van der Waals surface area (Å²) >= 11 is 0. The third kappa shape index (κ3) is 4.49. The molecule has 2 amide bonds. The number of likely N-dealkylation sites (tertiary alicyclic amines) is 2. The summed E-state index contributed by atoms with van der Waals surface area (Å²) in [4.78, 5) is 36.2. The maximum Gasteiger partial charge on any atom is 0.272 e. The summed E-state index contributed by atoms with van der Waals surface area (Å²) in [6, 6.07) is 8.97. The smallest absolute Gasteiger partial charge is 0.272 e. The van der Waals surface area contributed by atoms with Gasteiger partial charge in [0.05, 0.1) is 17.2 Å². The molecule has 3 aliphatic heterocycles. The summed E-state index contributed by atoms with van der Waals surface area (Å²) in [6.45, 7) is 3.66. The SMILES string of the molecule is O=C(c1ccc(-c2ccc(F)c(N3CCC4(CC3)CCN(C3CCC(O)CC3)C4=O)c2)cn1)N1CCC1. The van der Waals surface area contributed by atoms with Crippen molar-refractivity contribution >= 4 is 17.5 Å². The molecule has 4 heterocycles. The molecule has 0 bridgehead atoms. The van der Waals surface area contributed by atoms with Crippen LogP contribution < -0.4 is 4.90 Å². The van der Waals surface area contributed by atoms with Crippen molar-refractivity contribution in [3.05, 3.63) is 48.0 Å². The first-order valence-corrected chi connectivity index (χ1v) is 13.7. The molecule has 3 saturated heterocycles. The van der Waals surface area contributed by atoms with Gasteiger partial charge in [-0.1, -0.05) is 12.1 Å². The zero-order chi connectivity index (χ0) is 25.6. The van der Waals surface area contributed by atoms with Crippen LogP contribution in [0.4, 0.5) is 10.1 Å². The molecule has 8 heteroatoms. The minimum atomic E-state index is -0.330. The van der Waals surface area contributed by atoms with Gasteiger partial charge in [-0.25, -0.2) is 4.39 Å². The monoisotopic (exact) mass is 506 g/mol. The number of carbonyl (C=O) groups is 2. The van der Waals surface area contributed by atoms with E-state index in [1.807, 2.05) is 12.1 Å². The topological polar surface area (TPSA) is 77.0 Å². The Kier molecular flexibility index (Phi) is 6.39. The maximum atomic E-state index is 15.0. The van der Waals surface area contributed by atoms with Gasteiger partial charge in [-0.2, -0.15) is 0 Å². The average Bonchev–Trinajstić information content (AvgIpc) is 3.20. The second kappa shape index (κ2) is 9.71. The summed E-state index contributed by atoms with van der Waals surface area (Å²) in [7, 11) is 0. The quantitative estimate of drug-likeness (QED) is 0.682. The normalized spacial score (nSPS) is 25.5. The molecule has 6 rings (SSSR count). The molecule has 37 heavy (non-hydrogen) atoms. The number of halogens is 1. The number of benzene rings is 1. The van der Waals surface area contributed by atoms with E-state index in [0.29, 0.717) is 24.5 Å². The minimum absolute atomic E-state index is 0.0408. The van der Waals surface area contributed by atoms with Crippen molar-refractivity contribution in [2.24, 2.45) is 5.41 Å². The lowest BCUT2D eigenvalue weighted by Gasteiger charge is -2.40. The Morgan fingerprint density at radius 1 is 0.946 bits per heavy atom. The summed E-state index contributed by atoms with van der Waals surface area (Å²) < 4.78 is 15.0. The van der Waals surface area contributed by atoms with Gasteiger partial charge < -0.3 is 19.8 Å². The molecule has 1 aromatic heterocycles. The Balaban J connectivity index is 1.13. The van der Waals surface area contributed by atoms with E-state index < -0.39 is 0 Å². The molecule has 1 N–H and O–H groups in total. The standard InChI is InChI=1S/C29H35FN4O3/c30-24-8-2-20(21-3-9-25(31-19-21)27(36)33-13-1-14-33)18-26(24)32-15-10-29(11-16-32)12-17-34(28(29)37)22-4-6-23(35)7-5-22/h2-3,8-9,18-19,22-23,35H,1,4-7,10-17H2. The van der Waals surface area contributed by atoms with E-state index >= 15 is 0 Å². The molecular weight excluding hydrogens is 471 g/mol. The van der Waals surface area contributed by atoms with Gasteiger partial charge in [0.1, 0.15) is 11.5 Å². The first kappa shape index (κ1) is 24.3. The van der Waals surface area contributed by atoms with Gasteiger partial charge in [-0.15, -0.1) is 0 Å². The van der Waals surface area contributed by atoms with Gasteiger partial charge in [-0.3, -0.25) is 14.6 Å². The number of hydrogen-bond donors (Lipinski definition) is 1. The van der Waals surface area contributed by atoms with Crippen LogP contribution >= 0.6 is 0 Å². The molecule has 0 radical (unpaired) electrons. The number of aliphatic hydroxyl groups excluding tert-OH is 1. The van der Waals surface area contributed by atoms with E-state index in [2.05, 4.69) is 14.8 Å². The largest absolute Gasteiger partial charge is 0.393 e. The van der Waals surface area contributed by atoms with Crippen LogP contribution in [-0.4, -0.2) is 76.6 Å². The molecule has 0 atom stereocenters. The number of aliphatic hydroxyl groups is 1. The van der Waals surface area contributed by atoms with Crippen LogP contribution in [0.15, 0.2) is 36.5 Å². The molecule has 4 fully saturated rings. The summed E-state index contributed by atoms with van der Waals surface area (Å²) in [6.07, 6.45) is 8.16. The molecule has 1 aromatic carbocycles. The van der Waals surface area contributed by atoms with Crippen LogP contribution in [0.1, 0.15) is 61.9 Å². The number of hydrogen-bond acceptors (Lipinski definition) is 5. The lowest BCUT2D eigenvalue weighted by atomic mass is 9.76. The van der Waals surface area contributed by atoms with Crippen LogP contribution in [0.5, 0.6) is 0 Å². The van der Waals surface area contributed by atoms with E-state index in [0.717, 1.165) is 82.1 Å². The fourth-order valence-electron chi connectivity index (χ4n) is 6.51. The van der Waals surface area contributed by atoms with Gasteiger partial charge in [0.15, 0.2) is 0 Å². The number of carbonyl (C=O) groups excluding carboxylic acids is 2. The van der Waals surface area contributed by atoms with Crippen molar-refractivity contribution in [2.75, 3.05) is 37.6 Å². The highest BCUT2D eigenvalue weighted by molar-refractivity contribution is 5.93. The fourth-order valence-corrected chi connectivity index (χ4v) is 6.51. The molecule has 7 nitrogen and oxygen atoms in total. The third-order valence-electron chi connectivity index (χ3n) is 9.12. The number of aromatic nitrogens is 1. The zero-order valence-electron chi connectivity index (χ0n) is 21.2. The first-order chi connectivity index (χ1) is 17.9. The maximum absolute atomic E-state index is 15.0. The second-order valence-electron chi connectivity index (χ2n) is 11.2. The Morgan fingerprint density at radius 2 is 1.65 bits per heavy atom. The molecule has 1 saturated carbocycles. The molecule has 0 unspecified atom stereocenters. The Labute approximate surface area is 217 Å². The second-order valence-corrected chi connectivity index (χ2v) is 11.2. The highest BCUT2D eigenvalue weighted by atomic mass is 19.1. The van der Waals surface area contributed by atoms with Gasteiger partial charge >= 0.3 is 0 Å². The number of nitrogens with zero attached hydrogens (tertiary/aromatic N) is 4. The van der Waals surface area contributed by atoms with Crippen molar-refractivity contribution in [1.82, 2.24) is 14.8 Å². The van der Waals surface area contributed by atoms with Crippen molar-refractivity contribution in [1.29, 1.82) is 0 Å².